The van der Waals surface area contributed by atoms with Gasteiger partial charge in [0.1, 0.15) is 5.75 Å². The van der Waals surface area contributed by atoms with Gasteiger partial charge in [-0.3, -0.25) is 4.79 Å². The van der Waals surface area contributed by atoms with E-state index in [0.29, 0.717) is 23.6 Å². The van der Waals surface area contributed by atoms with Gasteiger partial charge in [0.05, 0.1) is 19.8 Å². The summed E-state index contributed by atoms with van der Waals surface area (Å²) in [5.74, 6) is 1.30. The molecule has 3 aromatic carbocycles. The lowest BCUT2D eigenvalue weighted by Crippen LogP contribution is -2.25. The number of aromatic amines is 1. The van der Waals surface area contributed by atoms with Crippen LogP contribution in [0.4, 0.5) is 0 Å². The zero-order valence-electron chi connectivity index (χ0n) is 20.0. The summed E-state index contributed by atoms with van der Waals surface area (Å²) in [4.78, 5) is 28.4. The predicted octanol–water partition coefficient (Wildman–Crippen LogP) is 4.53. The molecule has 36 heavy (non-hydrogen) atoms. The van der Waals surface area contributed by atoms with E-state index in [4.69, 9.17) is 18.9 Å². The van der Waals surface area contributed by atoms with E-state index < -0.39 is 5.97 Å². The molecule has 1 aliphatic heterocycles. The molecule has 0 bridgehead atoms. The van der Waals surface area contributed by atoms with Crippen molar-refractivity contribution in [3.63, 3.8) is 0 Å². The normalized spacial score (nSPS) is 12.8. The lowest BCUT2D eigenvalue weighted by Gasteiger charge is -2.18. The monoisotopic (exact) mass is 486 g/mol. The number of esters is 1. The Balaban J connectivity index is 1.42. The number of nitrogens with one attached hydrogen (secondary N) is 2. The molecule has 5 rings (SSSR count). The van der Waals surface area contributed by atoms with Crippen molar-refractivity contribution in [1.82, 2.24) is 10.3 Å². The van der Waals surface area contributed by atoms with E-state index in [1.807, 2.05) is 54.7 Å². The van der Waals surface area contributed by atoms with Crippen LogP contribution >= 0.6 is 0 Å². The number of H-pyrrole nitrogens is 1. The highest BCUT2D eigenvalue weighted by atomic mass is 16.7. The highest BCUT2D eigenvalue weighted by molar-refractivity contribution is 5.92. The molecule has 0 spiro atoms. The number of ether oxygens (including phenoxy) is 4. The Labute approximate surface area is 208 Å². The van der Waals surface area contributed by atoms with Crippen molar-refractivity contribution in [3.8, 4) is 17.2 Å². The fourth-order valence-electron chi connectivity index (χ4n) is 4.51. The predicted molar refractivity (Wildman–Crippen MR) is 134 cm³/mol. The third-order valence-electron chi connectivity index (χ3n) is 6.34. The van der Waals surface area contributed by atoms with Crippen LogP contribution in [0.15, 0.2) is 66.9 Å². The quantitative estimate of drug-likeness (QED) is 0.355. The standard InChI is InChI=1S/C28H26N2O6/c1-33-24-5-3-4-22-27(24)21(15-29-22)20(18-7-9-19(10-8-18)28(32)34-2)13-26(31)30-14-17-6-11-23-25(12-17)36-16-35-23/h3-12,15,20,29H,13-14,16H2,1-2H3,(H,30,31). The highest BCUT2D eigenvalue weighted by Gasteiger charge is 2.24. The number of hydrogen-bond donors (Lipinski definition) is 2. The van der Waals surface area contributed by atoms with Gasteiger partial charge in [0.25, 0.3) is 0 Å². The highest BCUT2D eigenvalue weighted by Crippen LogP contribution is 2.38. The second kappa shape index (κ2) is 10.0. The smallest absolute Gasteiger partial charge is 0.337 e. The number of rotatable bonds is 8. The molecule has 2 heterocycles. The Morgan fingerprint density at radius 3 is 2.61 bits per heavy atom. The van der Waals surface area contributed by atoms with E-state index in [-0.39, 0.29) is 25.0 Å². The van der Waals surface area contributed by atoms with Crippen LogP contribution in [0.25, 0.3) is 10.9 Å². The van der Waals surface area contributed by atoms with E-state index in [0.717, 1.165) is 33.3 Å². The van der Waals surface area contributed by atoms with E-state index in [9.17, 15) is 9.59 Å². The number of carbonyl (C=O) groups excluding carboxylic acids is 2. The minimum absolute atomic E-state index is 0.112. The minimum atomic E-state index is -0.409. The first kappa shape index (κ1) is 23.3. The largest absolute Gasteiger partial charge is 0.496 e. The fourth-order valence-corrected chi connectivity index (χ4v) is 4.51. The van der Waals surface area contributed by atoms with Gasteiger partial charge in [0.2, 0.25) is 12.7 Å². The van der Waals surface area contributed by atoms with Crippen LogP contribution in [0.3, 0.4) is 0 Å². The Morgan fingerprint density at radius 2 is 1.83 bits per heavy atom. The molecular weight excluding hydrogens is 460 g/mol. The Hall–Kier alpha value is -4.46. The van der Waals surface area contributed by atoms with Crippen LogP contribution < -0.4 is 19.5 Å². The summed E-state index contributed by atoms with van der Waals surface area (Å²) in [5.41, 5.74) is 4.12. The minimum Gasteiger partial charge on any atom is -0.496 e. The summed E-state index contributed by atoms with van der Waals surface area (Å²) >= 11 is 0. The lowest BCUT2D eigenvalue weighted by molar-refractivity contribution is -0.121. The van der Waals surface area contributed by atoms with E-state index in [1.54, 1.807) is 19.2 Å². The summed E-state index contributed by atoms with van der Waals surface area (Å²) in [7, 11) is 2.98. The topological polar surface area (TPSA) is 98.9 Å². The van der Waals surface area contributed by atoms with Crippen LogP contribution in [-0.2, 0) is 16.1 Å². The number of carbonyl (C=O) groups is 2. The maximum Gasteiger partial charge on any atom is 0.337 e. The molecule has 1 aromatic heterocycles. The van der Waals surface area contributed by atoms with E-state index >= 15 is 0 Å². The van der Waals surface area contributed by atoms with Crippen molar-refractivity contribution in [2.24, 2.45) is 0 Å². The number of aromatic nitrogens is 1. The van der Waals surface area contributed by atoms with Crippen molar-refractivity contribution in [3.05, 3.63) is 89.1 Å². The molecule has 1 atom stereocenters. The maximum absolute atomic E-state index is 13.2. The van der Waals surface area contributed by atoms with Gasteiger partial charge in [0.15, 0.2) is 11.5 Å². The van der Waals surface area contributed by atoms with Gasteiger partial charge < -0.3 is 29.2 Å². The van der Waals surface area contributed by atoms with Gasteiger partial charge in [-0.15, -0.1) is 0 Å². The molecule has 0 saturated heterocycles. The molecule has 1 aliphatic rings. The molecule has 1 unspecified atom stereocenters. The van der Waals surface area contributed by atoms with Crippen molar-refractivity contribution < 1.29 is 28.5 Å². The average Bonchev–Trinajstić information content (AvgIpc) is 3.57. The van der Waals surface area contributed by atoms with Gasteiger partial charge in [0, 0.05) is 36.0 Å². The summed E-state index contributed by atoms with van der Waals surface area (Å²) in [6.45, 7) is 0.566. The van der Waals surface area contributed by atoms with E-state index in [2.05, 4.69) is 10.3 Å². The maximum atomic E-state index is 13.2. The molecule has 0 radical (unpaired) electrons. The number of hydrogen-bond acceptors (Lipinski definition) is 6. The van der Waals surface area contributed by atoms with Crippen molar-refractivity contribution in [1.29, 1.82) is 0 Å². The first-order valence-corrected chi connectivity index (χ1v) is 11.5. The van der Waals surface area contributed by atoms with Gasteiger partial charge in [-0.25, -0.2) is 4.79 Å². The number of benzene rings is 3. The number of fused-ring (bicyclic) bond motifs is 2. The second-order valence-corrected chi connectivity index (χ2v) is 8.46. The molecule has 1 amide bonds. The Bertz CT molecular complexity index is 1410. The van der Waals surface area contributed by atoms with Gasteiger partial charge in [-0.2, -0.15) is 0 Å². The molecular formula is C28H26N2O6. The molecule has 4 aromatic rings. The average molecular weight is 487 g/mol. The van der Waals surface area contributed by atoms with E-state index in [1.165, 1.54) is 7.11 Å². The lowest BCUT2D eigenvalue weighted by atomic mass is 9.87. The molecule has 0 saturated carbocycles. The first-order chi connectivity index (χ1) is 17.6. The third-order valence-corrected chi connectivity index (χ3v) is 6.34. The molecule has 8 nitrogen and oxygen atoms in total. The van der Waals surface area contributed by atoms with Gasteiger partial charge >= 0.3 is 5.97 Å². The SMILES string of the molecule is COC(=O)c1ccc(C(CC(=O)NCc2ccc3c(c2)OCO3)c2c[nH]c3cccc(OC)c23)cc1. The van der Waals surface area contributed by atoms with Gasteiger partial charge in [-0.1, -0.05) is 24.3 Å². The van der Waals surface area contributed by atoms with Crippen molar-refractivity contribution in [2.75, 3.05) is 21.0 Å². The first-order valence-electron chi connectivity index (χ1n) is 11.5. The van der Waals surface area contributed by atoms with Crippen LogP contribution in [0, 0.1) is 0 Å². The zero-order valence-corrected chi connectivity index (χ0v) is 20.0. The second-order valence-electron chi connectivity index (χ2n) is 8.46. The Kier molecular flexibility index (Phi) is 6.49. The molecule has 8 heteroatoms. The van der Waals surface area contributed by atoms with Crippen LogP contribution in [-0.4, -0.2) is 37.9 Å². The number of amides is 1. The van der Waals surface area contributed by atoms with Crippen LogP contribution in [0.1, 0.15) is 39.4 Å². The molecule has 0 fully saturated rings. The van der Waals surface area contributed by atoms with Crippen LogP contribution in [0.2, 0.25) is 0 Å². The van der Waals surface area contributed by atoms with Gasteiger partial charge in [-0.05, 0) is 53.1 Å². The summed E-state index contributed by atoms with van der Waals surface area (Å²) < 4.78 is 21.2. The van der Waals surface area contributed by atoms with Crippen LogP contribution in [0.5, 0.6) is 17.2 Å². The summed E-state index contributed by atoms with van der Waals surface area (Å²) in [5, 5.41) is 3.94. The number of methoxy groups -OCH3 is 2. The third kappa shape index (κ3) is 4.57. The summed E-state index contributed by atoms with van der Waals surface area (Å²) in [6, 6.07) is 18.5. The molecule has 2 N–H and O–H groups in total. The zero-order chi connectivity index (χ0) is 25.1. The fraction of sp³-hybridized carbons (Fsp3) is 0.214. The summed E-state index contributed by atoms with van der Waals surface area (Å²) in [6.07, 6.45) is 2.12. The van der Waals surface area contributed by atoms with Crippen molar-refractivity contribution >= 4 is 22.8 Å². The van der Waals surface area contributed by atoms with Crippen molar-refractivity contribution in [2.45, 2.75) is 18.9 Å². The Morgan fingerprint density at radius 1 is 1.03 bits per heavy atom. The molecule has 184 valence electrons. The molecule has 0 aliphatic carbocycles.